The zero-order valence-corrected chi connectivity index (χ0v) is 12.3. The van der Waals surface area contributed by atoms with E-state index in [9.17, 15) is 9.18 Å². The van der Waals surface area contributed by atoms with Gasteiger partial charge in [0.05, 0.1) is 0 Å². The third-order valence-corrected chi connectivity index (χ3v) is 4.11. The molecule has 0 fully saturated rings. The van der Waals surface area contributed by atoms with Gasteiger partial charge in [-0.3, -0.25) is 9.89 Å². The standard InChI is InChI=1S/C17H15FN4O/c18-13-6-3-5-12-15(13)20-21-16(12)17(23)22-9-8-19-14-7-2-1-4-11(14)10-22/h1-7,19H,8-10H2,(H,20,21). The number of para-hydroxylation sites is 2. The smallest absolute Gasteiger partial charge is 0.272 e. The van der Waals surface area contributed by atoms with Crippen LogP contribution in [0.4, 0.5) is 10.1 Å². The molecule has 116 valence electrons. The second-order valence-corrected chi connectivity index (χ2v) is 5.55. The van der Waals surface area contributed by atoms with Crippen LogP contribution in [-0.2, 0) is 6.54 Å². The van der Waals surface area contributed by atoms with Crippen LogP contribution in [0.15, 0.2) is 42.5 Å². The molecule has 0 unspecified atom stereocenters. The summed E-state index contributed by atoms with van der Waals surface area (Å²) >= 11 is 0. The normalized spacial score (nSPS) is 14.2. The Morgan fingerprint density at radius 2 is 2.04 bits per heavy atom. The summed E-state index contributed by atoms with van der Waals surface area (Å²) in [4.78, 5) is 14.6. The molecule has 23 heavy (non-hydrogen) atoms. The molecule has 1 aliphatic rings. The summed E-state index contributed by atoms with van der Waals surface area (Å²) in [5.41, 5.74) is 2.64. The van der Waals surface area contributed by atoms with E-state index in [1.807, 2.05) is 24.3 Å². The molecule has 1 aromatic heterocycles. The molecule has 0 saturated carbocycles. The first-order chi connectivity index (χ1) is 11.2. The van der Waals surface area contributed by atoms with E-state index in [0.29, 0.717) is 30.7 Å². The monoisotopic (exact) mass is 310 g/mol. The van der Waals surface area contributed by atoms with Crippen molar-refractivity contribution in [3.8, 4) is 0 Å². The number of nitrogens with one attached hydrogen (secondary N) is 2. The molecule has 3 aromatic rings. The number of hydrogen-bond acceptors (Lipinski definition) is 3. The van der Waals surface area contributed by atoms with Gasteiger partial charge in [-0.15, -0.1) is 0 Å². The molecule has 0 aliphatic carbocycles. The number of carbonyl (C=O) groups is 1. The Bertz CT molecular complexity index is 889. The lowest BCUT2D eigenvalue weighted by Gasteiger charge is -2.19. The summed E-state index contributed by atoms with van der Waals surface area (Å²) in [6.45, 7) is 1.75. The van der Waals surface area contributed by atoms with Crippen LogP contribution in [-0.4, -0.2) is 34.1 Å². The third-order valence-electron chi connectivity index (χ3n) is 4.11. The first-order valence-corrected chi connectivity index (χ1v) is 7.47. The van der Waals surface area contributed by atoms with Gasteiger partial charge < -0.3 is 10.2 Å². The molecule has 2 heterocycles. The molecule has 0 atom stereocenters. The topological polar surface area (TPSA) is 61.0 Å². The number of hydrogen-bond donors (Lipinski definition) is 2. The van der Waals surface area contributed by atoms with Crippen molar-refractivity contribution in [2.75, 3.05) is 18.4 Å². The van der Waals surface area contributed by atoms with Crippen molar-refractivity contribution in [1.29, 1.82) is 0 Å². The van der Waals surface area contributed by atoms with Gasteiger partial charge >= 0.3 is 0 Å². The van der Waals surface area contributed by atoms with Crippen molar-refractivity contribution in [1.82, 2.24) is 15.1 Å². The van der Waals surface area contributed by atoms with Crippen molar-refractivity contribution >= 4 is 22.5 Å². The minimum Gasteiger partial charge on any atom is -0.383 e. The molecule has 4 rings (SSSR count). The Kier molecular flexibility index (Phi) is 3.22. The second-order valence-electron chi connectivity index (χ2n) is 5.55. The van der Waals surface area contributed by atoms with E-state index in [0.717, 1.165) is 11.3 Å². The Labute approximate surface area is 132 Å². The number of fused-ring (bicyclic) bond motifs is 2. The summed E-state index contributed by atoms with van der Waals surface area (Å²) in [5.74, 6) is -0.600. The predicted molar refractivity (Wildman–Crippen MR) is 85.7 cm³/mol. The highest BCUT2D eigenvalue weighted by atomic mass is 19.1. The lowest BCUT2D eigenvalue weighted by molar-refractivity contribution is 0.0749. The fraction of sp³-hybridized carbons (Fsp3) is 0.176. The maximum absolute atomic E-state index is 13.7. The Morgan fingerprint density at radius 1 is 1.17 bits per heavy atom. The van der Waals surface area contributed by atoms with E-state index < -0.39 is 5.82 Å². The Balaban J connectivity index is 1.70. The second kappa shape index (κ2) is 5.39. The highest BCUT2D eigenvalue weighted by Gasteiger charge is 2.23. The van der Waals surface area contributed by atoms with Crippen molar-refractivity contribution in [2.45, 2.75) is 6.54 Å². The molecule has 0 spiro atoms. The number of nitrogens with zero attached hydrogens (tertiary/aromatic N) is 2. The first-order valence-electron chi connectivity index (χ1n) is 7.47. The van der Waals surface area contributed by atoms with Crippen molar-refractivity contribution in [2.24, 2.45) is 0 Å². The number of halogens is 1. The molecular formula is C17H15FN4O. The van der Waals surface area contributed by atoms with E-state index in [2.05, 4.69) is 15.5 Å². The molecule has 5 nitrogen and oxygen atoms in total. The van der Waals surface area contributed by atoms with Gasteiger partial charge in [0, 0.05) is 30.7 Å². The van der Waals surface area contributed by atoms with E-state index >= 15 is 0 Å². The van der Waals surface area contributed by atoms with Gasteiger partial charge in [0.15, 0.2) is 5.82 Å². The fourth-order valence-corrected chi connectivity index (χ4v) is 2.94. The summed E-state index contributed by atoms with van der Waals surface area (Å²) in [6, 6.07) is 12.6. The molecule has 1 aliphatic heterocycles. The van der Waals surface area contributed by atoms with Crippen molar-refractivity contribution in [3.63, 3.8) is 0 Å². The maximum Gasteiger partial charge on any atom is 0.272 e. The lowest BCUT2D eigenvalue weighted by Crippen LogP contribution is -2.33. The summed E-state index contributed by atoms with van der Waals surface area (Å²) in [5, 5.41) is 10.5. The molecule has 2 N–H and O–H groups in total. The van der Waals surface area contributed by atoms with Gasteiger partial charge in [0.2, 0.25) is 0 Å². The first kappa shape index (κ1) is 13.8. The van der Waals surface area contributed by atoms with Gasteiger partial charge in [-0.2, -0.15) is 5.10 Å². The molecule has 0 saturated heterocycles. The molecular weight excluding hydrogens is 295 g/mol. The van der Waals surface area contributed by atoms with Crippen LogP contribution >= 0.6 is 0 Å². The lowest BCUT2D eigenvalue weighted by atomic mass is 10.1. The van der Waals surface area contributed by atoms with Crippen molar-refractivity contribution < 1.29 is 9.18 Å². The number of benzene rings is 2. The van der Waals surface area contributed by atoms with E-state index in [-0.39, 0.29) is 11.4 Å². The SMILES string of the molecule is O=C(c1[nH]nc2c(F)cccc12)N1CCNc2ccccc2C1. The highest BCUT2D eigenvalue weighted by molar-refractivity contribution is 6.04. The fourth-order valence-electron chi connectivity index (χ4n) is 2.94. The maximum atomic E-state index is 13.7. The number of amides is 1. The Morgan fingerprint density at radius 3 is 2.96 bits per heavy atom. The van der Waals surface area contributed by atoms with Crippen LogP contribution in [0.1, 0.15) is 16.1 Å². The largest absolute Gasteiger partial charge is 0.383 e. The van der Waals surface area contributed by atoms with Gasteiger partial charge in [-0.05, 0) is 17.7 Å². The average Bonchev–Trinajstić information content (AvgIpc) is 2.88. The van der Waals surface area contributed by atoms with E-state index in [1.54, 1.807) is 17.0 Å². The number of H-pyrrole nitrogens is 1. The molecule has 2 aromatic carbocycles. The zero-order valence-electron chi connectivity index (χ0n) is 12.3. The quantitative estimate of drug-likeness (QED) is 0.726. The van der Waals surface area contributed by atoms with Gasteiger partial charge in [0.1, 0.15) is 11.2 Å². The molecule has 0 bridgehead atoms. The number of aromatic nitrogens is 2. The third kappa shape index (κ3) is 2.32. The van der Waals surface area contributed by atoms with Crippen molar-refractivity contribution in [3.05, 3.63) is 59.5 Å². The summed E-state index contributed by atoms with van der Waals surface area (Å²) in [7, 11) is 0. The highest BCUT2D eigenvalue weighted by Crippen LogP contribution is 2.23. The number of aromatic amines is 1. The predicted octanol–water partition coefficient (Wildman–Crippen LogP) is 2.77. The molecule has 0 radical (unpaired) electrons. The van der Waals surface area contributed by atoms with Crippen LogP contribution in [0.5, 0.6) is 0 Å². The number of anilines is 1. The van der Waals surface area contributed by atoms with Gasteiger partial charge in [-0.25, -0.2) is 4.39 Å². The van der Waals surface area contributed by atoms with Crippen LogP contribution in [0.2, 0.25) is 0 Å². The number of carbonyl (C=O) groups excluding carboxylic acids is 1. The summed E-state index contributed by atoms with van der Waals surface area (Å²) < 4.78 is 13.7. The van der Waals surface area contributed by atoms with E-state index in [1.165, 1.54) is 6.07 Å². The minimum absolute atomic E-state index is 0.170. The minimum atomic E-state index is -0.430. The van der Waals surface area contributed by atoms with Gasteiger partial charge in [0.25, 0.3) is 5.91 Å². The molecule has 1 amide bonds. The van der Waals surface area contributed by atoms with Gasteiger partial charge in [-0.1, -0.05) is 30.3 Å². The number of rotatable bonds is 1. The van der Waals surface area contributed by atoms with Crippen LogP contribution in [0.25, 0.3) is 10.9 Å². The Hall–Kier alpha value is -2.89. The average molecular weight is 310 g/mol. The zero-order chi connectivity index (χ0) is 15.8. The van der Waals surface area contributed by atoms with E-state index in [4.69, 9.17) is 0 Å². The van der Waals surface area contributed by atoms with Crippen LogP contribution in [0.3, 0.4) is 0 Å². The van der Waals surface area contributed by atoms with Crippen LogP contribution < -0.4 is 5.32 Å². The molecule has 6 heteroatoms. The van der Waals surface area contributed by atoms with Crippen LogP contribution in [0, 0.1) is 5.82 Å². The summed E-state index contributed by atoms with van der Waals surface area (Å²) in [6.07, 6.45) is 0.